The molecule has 27 heavy (non-hydrogen) atoms. The summed E-state index contributed by atoms with van der Waals surface area (Å²) in [4.78, 5) is 10.9. The van der Waals surface area contributed by atoms with Gasteiger partial charge in [-0.1, -0.05) is 11.8 Å². The highest BCUT2D eigenvalue weighted by Gasteiger charge is 2.13. The normalized spacial score (nSPS) is 10.3. The van der Waals surface area contributed by atoms with Gasteiger partial charge in [-0.3, -0.25) is 4.79 Å². The topological polar surface area (TPSA) is 117 Å². The first-order valence-electron chi connectivity index (χ1n) is 7.93. The Balaban J connectivity index is 0.00000364. The monoisotopic (exact) mass is 479 g/mol. The van der Waals surface area contributed by atoms with Gasteiger partial charge >= 0.3 is 0 Å². The van der Waals surface area contributed by atoms with Crippen LogP contribution in [0, 0.1) is 0 Å². The van der Waals surface area contributed by atoms with Crippen LogP contribution in [-0.2, 0) is 18.4 Å². The van der Waals surface area contributed by atoms with Crippen LogP contribution in [-0.4, -0.2) is 51.6 Å². The highest BCUT2D eigenvalue weighted by molar-refractivity contribution is 9.10. The molecule has 3 N–H and O–H groups in total. The first-order chi connectivity index (χ1) is 12.5. The Kier molecular flexibility index (Phi) is 10.4. The van der Waals surface area contributed by atoms with Crippen molar-refractivity contribution in [3.63, 3.8) is 0 Å². The van der Waals surface area contributed by atoms with Gasteiger partial charge in [-0.25, -0.2) is 4.68 Å². The van der Waals surface area contributed by atoms with Crippen molar-refractivity contribution < 1.29 is 26.7 Å². The predicted octanol–water partition coefficient (Wildman–Crippen LogP) is -1.88. The van der Waals surface area contributed by atoms with Crippen molar-refractivity contribution in [3.05, 3.63) is 22.2 Å². The lowest BCUT2D eigenvalue weighted by Gasteiger charge is -2.15. The van der Waals surface area contributed by atoms with Gasteiger partial charge in [-0.05, 0) is 51.0 Å². The van der Waals surface area contributed by atoms with Gasteiger partial charge in [0, 0.05) is 25.9 Å². The number of nitrogens with two attached hydrogens (primary N) is 1. The van der Waals surface area contributed by atoms with Gasteiger partial charge in [-0.15, -0.1) is 5.10 Å². The molecule has 12 heteroatoms. The molecular formula is C15H21BrClN6O3S-. The van der Waals surface area contributed by atoms with Crippen LogP contribution in [0.25, 0.3) is 0 Å². The van der Waals surface area contributed by atoms with E-state index >= 15 is 0 Å². The van der Waals surface area contributed by atoms with Crippen molar-refractivity contribution in [1.82, 2.24) is 25.5 Å². The minimum atomic E-state index is -0.541. The van der Waals surface area contributed by atoms with Crippen molar-refractivity contribution in [1.29, 1.82) is 0 Å². The molecule has 0 aliphatic heterocycles. The standard InChI is InChI=1S/C15H21BrN6O3S.ClH/c1-3-24-12-7-10(6-11(16)14(12)25-9-13(17)23)8-18-4-5-26-15-19-20-21-22(15)2;/h6-7,18H,3-5,8-9H2,1-2H3,(H2,17,23);1H/p-1. The van der Waals surface area contributed by atoms with Crippen LogP contribution in [0.4, 0.5) is 0 Å². The third-order valence-corrected chi connectivity index (χ3v) is 4.75. The lowest BCUT2D eigenvalue weighted by Crippen LogP contribution is -3.00. The van der Waals surface area contributed by atoms with E-state index in [-0.39, 0.29) is 19.0 Å². The Morgan fingerprint density at radius 3 is 2.81 bits per heavy atom. The predicted molar refractivity (Wildman–Crippen MR) is 101 cm³/mol. The number of ether oxygens (including phenoxy) is 2. The van der Waals surface area contributed by atoms with E-state index in [4.69, 9.17) is 15.2 Å². The third-order valence-electron chi connectivity index (χ3n) is 3.15. The van der Waals surface area contributed by atoms with E-state index in [0.717, 1.165) is 23.0 Å². The molecule has 150 valence electrons. The van der Waals surface area contributed by atoms with Crippen molar-refractivity contribution in [2.75, 3.05) is 25.5 Å². The minimum absolute atomic E-state index is 0. The third kappa shape index (κ3) is 7.53. The molecule has 0 aliphatic rings. The maximum Gasteiger partial charge on any atom is 0.255 e. The smallest absolute Gasteiger partial charge is 0.255 e. The zero-order valence-corrected chi connectivity index (χ0v) is 18.1. The first-order valence-corrected chi connectivity index (χ1v) is 9.71. The van der Waals surface area contributed by atoms with Crippen LogP contribution >= 0.6 is 27.7 Å². The molecule has 2 aromatic rings. The van der Waals surface area contributed by atoms with Crippen molar-refractivity contribution in [3.8, 4) is 11.5 Å². The quantitative estimate of drug-likeness (QED) is 0.284. The van der Waals surface area contributed by atoms with E-state index in [0.29, 0.717) is 29.1 Å². The van der Waals surface area contributed by atoms with Crippen LogP contribution in [0.3, 0.4) is 0 Å². The number of halogens is 2. The molecule has 2 rings (SSSR count). The number of carbonyl (C=O) groups is 1. The molecule has 0 atom stereocenters. The Morgan fingerprint density at radius 2 is 2.19 bits per heavy atom. The van der Waals surface area contributed by atoms with Gasteiger partial charge in [-0.2, -0.15) is 0 Å². The van der Waals surface area contributed by atoms with Crippen LogP contribution in [0.5, 0.6) is 11.5 Å². The average Bonchev–Trinajstić information content (AvgIpc) is 2.99. The number of amides is 1. The molecule has 0 radical (unpaired) electrons. The number of nitrogens with zero attached hydrogens (tertiary/aromatic N) is 4. The fourth-order valence-corrected chi connectivity index (χ4v) is 3.41. The molecule has 0 fully saturated rings. The molecule has 0 unspecified atom stereocenters. The van der Waals surface area contributed by atoms with E-state index < -0.39 is 5.91 Å². The average molecular weight is 481 g/mol. The van der Waals surface area contributed by atoms with Gasteiger partial charge < -0.3 is 32.9 Å². The number of aromatic nitrogens is 4. The number of nitrogens with one attached hydrogen (secondary N) is 1. The number of carbonyl (C=O) groups excluding carboxylic acids is 1. The van der Waals surface area contributed by atoms with Gasteiger partial charge in [0.15, 0.2) is 18.1 Å². The Bertz CT molecular complexity index is 748. The van der Waals surface area contributed by atoms with Gasteiger partial charge in [0.25, 0.3) is 5.91 Å². The zero-order chi connectivity index (χ0) is 18.9. The van der Waals surface area contributed by atoms with Crippen molar-refractivity contribution in [2.24, 2.45) is 12.8 Å². The molecule has 1 amide bonds. The van der Waals surface area contributed by atoms with Crippen LogP contribution in [0.2, 0.25) is 0 Å². The highest BCUT2D eigenvalue weighted by Crippen LogP contribution is 2.37. The first kappa shape index (κ1) is 23.5. The maximum absolute atomic E-state index is 10.9. The van der Waals surface area contributed by atoms with Gasteiger partial charge in [0.05, 0.1) is 11.1 Å². The summed E-state index contributed by atoms with van der Waals surface area (Å²) in [5.41, 5.74) is 6.16. The molecule has 1 heterocycles. The lowest BCUT2D eigenvalue weighted by atomic mass is 10.2. The molecular weight excluding hydrogens is 460 g/mol. The number of thioether (sulfide) groups is 1. The number of rotatable bonds is 11. The van der Waals surface area contributed by atoms with Gasteiger partial charge in [0.1, 0.15) is 0 Å². The lowest BCUT2D eigenvalue weighted by molar-refractivity contribution is -0.120. The summed E-state index contributed by atoms with van der Waals surface area (Å²) in [6.07, 6.45) is 0. The Labute approximate surface area is 176 Å². The summed E-state index contributed by atoms with van der Waals surface area (Å²) in [7, 11) is 1.81. The number of hydrogen-bond donors (Lipinski definition) is 2. The van der Waals surface area contributed by atoms with Gasteiger partial charge in [0.2, 0.25) is 5.16 Å². The number of primary amides is 1. The van der Waals surface area contributed by atoms with Crippen LogP contribution < -0.4 is 32.9 Å². The number of hydrogen-bond acceptors (Lipinski definition) is 8. The van der Waals surface area contributed by atoms with Crippen LogP contribution in [0.15, 0.2) is 21.8 Å². The molecule has 0 aliphatic carbocycles. The zero-order valence-electron chi connectivity index (χ0n) is 14.9. The summed E-state index contributed by atoms with van der Waals surface area (Å²) in [5, 5.41) is 15.5. The largest absolute Gasteiger partial charge is 1.00 e. The van der Waals surface area contributed by atoms with Crippen LogP contribution in [0.1, 0.15) is 12.5 Å². The fraction of sp³-hybridized carbons (Fsp3) is 0.467. The highest BCUT2D eigenvalue weighted by atomic mass is 79.9. The number of aryl methyl sites for hydroxylation is 1. The Hall–Kier alpha value is -1.56. The summed E-state index contributed by atoms with van der Waals surface area (Å²) in [6.45, 7) is 3.61. The second kappa shape index (κ2) is 12.0. The second-order valence-corrected chi connectivity index (χ2v) is 7.12. The van der Waals surface area contributed by atoms with E-state index in [2.05, 4.69) is 36.8 Å². The molecule has 0 saturated carbocycles. The van der Waals surface area contributed by atoms with E-state index in [1.165, 1.54) is 0 Å². The van der Waals surface area contributed by atoms with E-state index in [1.807, 2.05) is 26.1 Å². The molecule has 0 spiro atoms. The molecule has 0 saturated heterocycles. The SMILES string of the molecule is CCOc1cc(CNCCSc2nnnn2C)cc(Br)c1OCC(N)=O.[Cl-]. The molecule has 1 aromatic heterocycles. The number of tetrazole rings is 1. The second-order valence-electron chi connectivity index (χ2n) is 5.20. The fourth-order valence-electron chi connectivity index (χ4n) is 2.06. The maximum atomic E-state index is 10.9. The minimum Gasteiger partial charge on any atom is -1.00 e. The van der Waals surface area contributed by atoms with Crippen molar-refractivity contribution >= 4 is 33.6 Å². The summed E-state index contributed by atoms with van der Waals surface area (Å²) in [6, 6.07) is 3.81. The summed E-state index contributed by atoms with van der Waals surface area (Å²) >= 11 is 5.04. The Morgan fingerprint density at radius 1 is 1.41 bits per heavy atom. The molecule has 1 aromatic carbocycles. The molecule has 9 nitrogen and oxygen atoms in total. The van der Waals surface area contributed by atoms with Crippen molar-refractivity contribution in [2.45, 2.75) is 18.6 Å². The van der Waals surface area contributed by atoms with E-state index in [9.17, 15) is 4.79 Å². The number of benzene rings is 1. The summed E-state index contributed by atoms with van der Waals surface area (Å²) in [5.74, 6) is 1.34. The summed E-state index contributed by atoms with van der Waals surface area (Å²) < 4.78 is 13.4. The van der Waals surface area contributed by atoms with E-state index in [1.54, 1.807) is 16.4 Å². The molecule has 0 bridgehead atoms.